The minimum absolute atomic E-state index is 0.200. The van der Waals surface area contributed by atoms with Crippen LogP contribution < -0.4 is 14.9 Å². The first-order chi connectivity index (χ1) is 15.1. The Morgan fingerprint density at radius 2 is 1.97 bits per heavy atom. The van der Waals surface area contributed by atoms with E-state index in [-0.39, 0.29) is 36.2 Å². The lowest BCUT2D eigenvalue weighted by Gasteiger charge is -2.14. The first kappa shape index (κ1) is 21.8. The summed E-state index contributed by atoms with van der Waals surface area (Å²) < 4.78 is 16.7. The second-order valence-corrected chi connectivity index (χ2v) is 6.23. The predicted molar refractivity (Wildman–Crippen MR) is 111 cm³/mol. The zero-order valence-electron chi connectivity index (χ0n) is 16.6. The average Bonchev–Trinajstić information content (AvgIpc) is 2.80. The number of nitriles is 1. The SMILES string of the molecule is CCOC(=O)c1ccc(Oc2ccc([B]O)c(CO)c2)c(Oc2ccc(C#N)cn2)c1. The molecule has 0 bridgehead atoms. The zero-order valence-corrected chi connectivity index (χ0v) is 16.6. The number of hydrogen-bond donors (Lipinski definition) is 2. The molecular formula is C22H18BN2O6. The number of hydrogen-bond acceptors (Lipinski definition) is 8. The van der Waals surface area contributed by atoms with Crippen LogP contribution in [-0.2, 0) is 11.3 Å². The van der Waals surface area contributed by atoms with Gasteiger partial charge in [0.15, 0.2) is 11.5 Å². The lowest BCUT2D eigenvalue weighted by molar-refractivity contribution is 0.0526. The Morgan fingerprint density at radius 3 is 2.61 bits per heavy atom. The summed E-state index contributed by atoms with van der Waals surface area (Å²) in [6.07, 6.45) is 1.36. The molecule has 31 heavy (non-hydrogen) atoms. The summed E-state index contributed by atoms with van der Waals surface area (Å²) in [5.74, 6) is 0.550. The number of aromatic nitrogens is 1. The van der Waals surface area contributed by atoms with E-state index in [1.807, 2.05) is 6.07 Å². The molecule has 2 aromatic carbocycles. The Bertz CT molecular complexity index is 1110. The molecule has 1 aromatic heterocycles. The molecule has 1 heterocycles. The van der Waals surface area contributed by atoms with Crippen LogP contribution >= 0.6 is 0 Å². The fourth-order valence-electron chi connectivity index (χ4n) is 2.67. The average molecular weight is 417 g/mol. The molecule has 0 aliphatic heterocycles. The van der Waals surface area contributed by atoms with Crippen LogP contribution in [0.2, 0.25) is 0 Å². The summed E-state index contributed by atoms with van der Waals surface area (Å²) in [6.45, 7) is 1.65. The van der Waals surface area contributed by atoms with Gasteiger partial charge in [-0.15, -0.1) is 0 Å². The first-order valence-corrected chi connectivity index (χ1v) is 9.32. The molecule has 0 fully saturated rings. The molecule has 155 valence electrons. The van der Waals surface area contributed by atoms with E-state index in [1.54, 1.807) is 37.3 Å². The smallest absolute Gasteiger partial charge is 0.338 e. The van der Waals surface area contributed by atoms with Gasteiger partial charge in [0.05, 0.1) is 24.3 Å². The number of carbonyl (C=O) groups excluding carboxylic acids is 1. The minimum Gasteiger partial charge on any atom is -0.462 e. The van der Waals surface area contributed by atoms with Crippen molar-refractivity contribution in [1.29, 1.82) is 5.26 Å². The first-order valence-electron chi connectivity index (χ1n) is 9.32. The molecule has 3 rings (SSSR count). The molecule has 0 unspecified atom stereocenters. The van der Waals surface area contributed by atoms with Crippen LogP contribution in [0.5, 0.6) is 23.1 Å². The lowest BCUT2D eigenvalue weighted by atomic mass is 9.84. The van der Waals surface area contributed by atoms with Crippen molar-refractivity contribution in [2.75, 3.05) is 6.61 Å². The monoisotopic (exact) mass is 417 g/mol. The normalized spacial score (nSPS) is 10.1. The second kappa shape index (κ2) is 10.3. The molecule has 8 nitrogen and oxygen atoms in total. The third-order valence-electron chi connectivity index (χ3n) is 4.19. The van der Waals surface area contributed by atoms with Gasteiger partial charge in [-0.25, -0.2) is 9.78 Å². The number of aliphatic hydroxyl groups is 1. The summed E-state index contributed by atoms with van der Waals surface area (Å²) in [5.41, 5.74) is 1.57. The predicted octanol–water partition coefficient (Wildman–Crippen LogP) is 2.44. The van der Waals surface area contributed by atoms with Gasteiger partial charge in [-0.3, -0.25) is 0 Å². The standard InChI is InChI=1S/C22H18BN2O6/c1-2-29-22(27)15-4-7-19(30-17-5-6-18(23-28)16(9-17)13-26)20(10-15)31-21-8-3-14(11-24)12-25-21/h3-10,12,26,28H,2,13H2,1H3. The van der Waals surface area contributed by atoms with E-state index in [1.165, 1.54) is 24.4 Å². The summed E-state index contributed by atoms with van der Waals surface area (Å²) in [4.78, 5) is 16.2. The van der Waals surface area contributed by atoms with Crippen LogP contribution in [0.1, 0.15) is 28.4 Å². The highest BCUT2D eigenvalue weighted by molar-refractivity contribution is 6.46. The van der Waals surface area contributed by atoms with Crippen LogP contribution in [0.25, 0.3) is 0 Å². The van der Waals surface area contributed by atoms with Crippen LogP contribution in [0, 0.1) is 11.3 Å². The van der Waals surface area contributed by atoms with Crippen molar-refractivity contribution in [1.82, 2.24) is 4.98 Å². The van der Waals surface area contributed by atoms with Gasteiger partial charge in [-0.2, -0.15) is 5.26 Å². The molecule has 0 amide bonds. The number of ether oxygens (including phenoxy) is 3. The molecular weight excluding hydrogens is 399 g/mol. The number of benzene rings is 2. The van der Waals surface area contributed by atoms with E-state index in [4.69, 9.17) is 19.5 Å². The van der Waals surface area contributed by atoms with Crippen LogP contribution in [0.4, 0.5) is 0 Å². The maximum Gasteiger partial charge on any atom is 0.338 e. The molecule has 0 aliphatic rings. The molecule has 2 N–H and O–H groups in total. The summed E-state index contributed by atoms with van der Waals surface area (Å²) in [5, 5.41) is 27.6. The van der Waals surface area contributed by atoms with Gasteiger partial charge in [0.2, 0.25) is 5.88 Å². The molecule has 1 radical (unpaired) electrons. The van der Waals surface area contributed by atoms with E-state index < -0.39 is 5.97 Å². The van der Waals surface area contributed by atoms with Gasteiger partial charge in [-0.05, 0) is 54.3 Å². The Balaban J connectivity index is 1.96. The topological polar surface area (TPSA) is 122 Å². The molecule has 9 heteroatoms. The molecule has 0 spiro atoms. The zero-order chi connectivity index (χ0) is 22.2. The third kappa shape index (κ3) is 5.39. The molecule has 0 aliphatic carbocycles. The van der Waals surface area contributed by atoms with E-state index in [0.717, 1.165) is 7.48 Å². The minimum atomic E-state index is -0.517. The summed E-state index contributed by atoms with van der Waals surface area (Å²) in [6, 6.07) is 14.4. The Labute approximate surface area is 179 Å². The van der Waals surface area contributed by atoms with Gasteiger partial charge < -0.3 is 24.3 Å². The molecule has 0 saturated carbocycles. The molecule has 0 atom stereocenters. The Morgan fingerprint density at radius 1 is 1.13 bits per heavy atom. The number of nitrogens with zero attached hydrogens (tertiary/aromatic N) is 2. The number of pyridine rings is 1. The van der Waals surface area contributed by atoms with Crippen molar-refractivity contribution in [3.05, 3.63) is 71.4 Å². The van der Waals surface area contributed by atoms with Crippen molar-refractivity contribution >= 4 is 18.9 Å². The van der Waals surface area contributed by atoms with Gasteiger partial charge >= 0.3 is 13.5 Å². The largest absolute Gasteiger partial charge is 0.462 e. The lowest BCUT2D eigenvalue weighted by Crippen LogP contribution is -2.18. The number of aliphatic hydroxyl groups excluding tert-OH is 1. The van der Waals surface area contributed by atoms with Crippen molar-refractivity contribution in [2.45, 2.75) is 13.5 Å². The van der Waals surface area contributed by atoms with Crippen LogP contribution in [0.15, 0.2) is 54.7 Å². The quantitative estimate of drug-likeness (QED) is 0.424. The highest BCUT2D eigenvalue weighted by atomic mass is 16.5. The molecule has 0 saturated heterocycles. The van der Waals surface area contributed by atoms with Crippen molar-refractivity contribution in [2.24, 2.45) is 0 Å². The van der Waals surface area contributed by atoms with Crippen LogP contribution in [0.3, 0.4) is 0 Å². The van der Waals surface area contributed by atoms with E-state index in [9.17, 15) is 14.9 Å². The Hall–Kier alpha value is -3.87. The van der Waals surface area contributed by atoms with E-state index >= 15 is 0 Å². The summed E-state index contributed by atoms with van der Waals surface area (Å²) in [7, 11) is 0.897. The van der Waals surface area contributed by atoms with Crippen LogP contribution in [-0.4, -0.2) is 35.2 Å². The highest BCUT2D eigenvalue weighted by Crippen LogP contribution is 2.35. The van der Waals surface area contributed by atoms with Crippen molar-refractivity contribution < 1.29 is 29.1 Å². The number of carbonyl (C=O) groups is 1. The maximum absolute atomic E-state index is 12.1. The fraction of sp³-hybridized carbons (Fsp3) is 0.136. The Kier molecular flexibility index (Phi) is 7.22. The third-order valence-corrected chi connectivity index (χ3v) is 4.19. The van der Waals surface area contributed by atoms with Gasteiger partial charge in [0, 0.05) is 12.3 Å². The van der Waals surface area contributed by atoms with Gasteiger partial charge in [0.1, 0.15) is 11.8 Å². The number of rotatable bonds is 8. The maximum atomic E-state index is 12.1. The van der Waals surface area contributed by atoms with E-state index in [0.29, 0.717) is 22.3 Å². The van der Waals surface area contributed by atoms with E-state index in [2.05, 4.69) is 4.98 Å². The molecule has 3 aromatic rings. The number of esters is 1. The van der Waals surface area contributed by atoms with Gasteiger partial charge in [-0.1, -0.05) is 6.07 Å². The second-order valence-electron chi connectivity index (χ2n) is 6.23. The highest BCUT2D eigenvalue weighted by Gasteiger charge is 2.15. The summed E-state index contributed by atoms with van der Waals surface area (Å²) >= 11 is 0. The van der Waals surface area contributed by atoms with Crippen molar-refractivity contribution in [3.63, 3.8) is 0 Å². The van der Waals surface area contributed by atoms with Gasteiger partial charge in [0.25, 0.3) is 0 Å². The van der Waals surface area contributed by atoms with Crippen molar-refractivity contribution in [3.8, 4) is 29.2 Å². The fourth-order valence-corrected chi connectivity index (χ4v) is 2.67.